The van der Waals surface area contributed by atoms with E-state index in [-0.39, 0.29) is 24.0 Å². The fourth-order valence-electron chi connectivity index (χ4n) is 3.61. The minimum atomic E-state index is -3.18. The lowest BCUT2D eigenvalue weighted by atomic mass is 10.1. The van der Waals surface area contributed by atoms with E-state index in [0.29, 0.717) is 11.4 Å². The van der Waals surface area contributed by atoms with Crippen molar-refractivity contribution in [2.75, 3.05) is 39.0 Å². The van der Waals surface area contributed by atoms with E-state index in [9.17, 15) is 8.42 Å². The second-order valence-electron chi connectivity index (χ2n) is 7.60. The van der Waals surface area contributed by atoms with E-state index < -0.39 is 9.84 Å². The van der Waals surface area contributed by atoms with Gasteiger partial charge in [-0.15, -0.1) is 24.0 Å². The molecule has 6 nitrogen and oxygen atoms in total. The first-order chi connectivity index (χ1) is 13.4. The van der Waals surface area contributed by atoms with Crippen molar-refractivity contribution in [3.05, 3.63) is 29.3 Å². The van der Waals surface area contributed by atoms with Crippen molar-refractivity contribution >= 4 is 39.8 Å². The zero-order chi connectivity index (χ0) is 20.4. The molecule has 8 heteroatoms. The highest BCUT2D eigenvalue weighted by Crippen LogP contribution is 2.17. The predicted octanol–water partition coefficient (Wildman–Crippen LogP) is 3.34. The van der Waals surface area contributed by atoms with E-state index >= 15 is 0 Å². The molecule has 166 valence electrons. The third-order valence-corrected chi connectivity index (χ3v) is 6.30. The van der Waals surface area contributed by atoms with Crippen LogP contribution in [0.3, 0.4) is 0 Å². The van der Waals surface area contributed by atoms with Gasteiger partial charge in [-0.05, 0) is 69.9 Å². The van der Waals surface area contributed by atoms with Crippen LogP contribution >= 0.6 is 24.0 Å². The molecule has 1 aliphatic heterocycles. The topological polar surface area (TPSA) is 73.8 Å². The van der Waals surface area contributed by atoms with Crippen LogP contribution in [0.2, 0.25) is 0 Å². The van der Waals surface area contributed by atoms with Crippen molar-refractivity contribution in [3.8, 4) is 0 Å². The minimum absolute atomic E-state index is 0. The van der Waals surface area contributed by atoms with Crippen molar-refractivity contribution in [2.45, 2.75) is 57.4 Å². The van der Waals surface area contributed by atoms with Gasteiger partial charge in [0, 0.05) is 19.3 Å². The molecular weight excluding hydrogens is 499 g/mol. The largest absolute Gasteiger partial charge is 0.357 e. The number of likely N-dealkylation sites (tertiary alicyclic amines) is 1. The van der Waals surface area contributed by atoms with Gasteiger partial charge >= 0.3 is 0 Å². The van der Waals surface area contributed by atoms with Crippen LogP contribution in [0.4, 0.5) is 0 Å². The molecule has 2 rings (SSSR count). The van der Waals surface area contributed by atoms with Crippen LogP contribution in [-0.2, 0) is 16.4 Å². The normalized spacial score (nSPS) is 16.0. The predicted molar refractivity (Wildman–Crippen MR) is 132 cm³/mol. The molecule has 1 fully saturated rings. The summed E-state index contributed by atoms with van der Waals surface area (Å²) in [6, 6.07) is 5.43. The number of nitrogens with zero attached hydrogens (tertiary/aromatic N) is 2. The molecule has 1 saturated heterocycles. The van der Waals surface area contributed by atoms with Gasteiger partial charge in [-0.25, -0.2) is 13.4 Å². The number of halogens is 1. The van der Waals surface area contributed by atoms with E-state index in [1.807, 2.05) is 19.1 Å². The number of hydrogen-bond donors (Lipinski definition) is 2. The summed E-state index contributed by atoms with van der Waals surface area (Å²) in [5.41, 5.74) is 1.78. The average Bonchev–Trinajstić information content (AvgIpc) is 2.91. The molecule has 0 radical (unpaired) electrons. The van der Waals surface area contributed by atoms with Gasteiger partial charge in [0.1, 0.15) is 0 Å². The molecule has 0 spiro atoms. The van der Waals surface area contributed by atoms with Gasteiger partial charge in [-0.2, -0.15) is 0 Å². The van der Waals surface area contributed by atoms with Crippen LogP contribution < -0.4 is 10.6 Å². The summed E-state index contributed by atoms with van der Waals surface area (Å²) in [6.45, 7) is 9.71. The standard InChI is InChI=1S/C21H36N4O2S.HI/c1-4-22-21(23-12-9-15-25-13-7-5-6-8-14-25)24-17-19-10-11-20(18(2)16-19)28(3,26)27;/h10-11,16H,4-9,12-15,17H2,1-3H3,(H2,22,23,24);1H. The zero-order valence-electron chi connectivity index (χ0n) is 18.0. The van der Waals surface area contributed by atoms with E-state index in [1.54, 1.807) is 6.07 Å². The Balaban J connectivity index is 0.00000420. The van der Waals surface area contributed by atoms with Gasteiger partial charge in [0.25, 0.3) is 0 Å². The number of hydrogen-bond acceptors (Lipinski definition) is 4. The van der Waals surface area contributed by atoms with Crippen LogP contribution in [0, 0.1) is 6.92 Å². The maximum Gasteiger partial charge on any atom is 0.191 e. The van der Waals surface area contributed by atoms with Crippen molar-refractivity contribution in [1.29, 1.82) is 0 Å². The second kappa shape index (κ2) is 13.4. The summed E-state index contributed by atoms with van der Waals surface area (Å²) >= 11 is 0. The van der Waals surface area contributed by atoms with E-state index in [0.717, 1.165) is 43.1 Å². The van der Waals surface area contributed by atoms with Crippen LogP contribution in [0.15, 0.2) is 28.1 Å². The lowest BCUT2D eigenvalue weighted by molar-refractivity contribution is 0.282. The number of benzene rings is 1. The number of rotatable bonds is 8. The number of aryl methyl sites for hydroxylation is 1. The van der Waals surface area contributed by atoms with E-state index in [2.05, 4.69) is 27.4 Å². The van der Waals surface area contributed by atoms with Gasteiger partial charge < -0.3 is 15.5 Å². The zero-order valence-corrected chi connectivity index (χ0v) is 21.2. The summed E-state index contributed by atoms with van der Waals surface area (Å²) in [4.78, 5) is 7.61. The smallest absolute Gasteiger partial charge is 0.191 e. The van der Waals surface area contributed by atoms with Gasteiger partial charge in [-0.1, -0.05) is 25.0 Å². The van der Waals surface area contributed by atoms with Gasteiger partial charge in [0.15, 0.2) is 15.8 Å². The van der Waals surface area contributed by atoms with Crippen molar-refractivity contribution in [2.24, 2.45) is 4.99 Å². The van der Waals surface area contributed by atoms with Crippen molar-refractivity contribution in [1.82, 2.24) is 15.5 Å². The SMILES string of the molecule is CCNC(=NCc1ccc(S(C)(=O)=O)c(C)c1)NCCCN1CCCCCC1.I. The Kier molecular flexibility index (Phi) is 12.1. The molecule has 0 aliphatic carbocycles. The molecule has 0 unspecified atom stereocenters. The molecule has 1 heterocycles. The first kappa shape index (κ1) is 26.2. The molecule has 1 aromatic carbocycles. The summed E-state index contributed by atoms with van der Waals surface area (Å²) < 4.78 is 23.5. The monoisotopic (exact) mass is 536 g/mol. The molecule has 29 heavy (non-hydrogen) atoms. The van der Waals surface area contributed by atoms with Crippen LogP contribution in [0.1, 0.15) is 50.2 Å². The van der Waals surface area contributed by atoms with Crippen LogP contribution in [0.25, 0.3) is 0 Å². The van der Waals surface area contributed by atoms with Crippen molar-refractivity contribution in [3.63, 3.8) is 0 Å². The Morgan fingerprint density at radius 3 is 2.41 bits per heavy atom. The lowest BCUT2D eigenvalue weighted by Gasteiger charge is -2.20. The van der Waals surface area contributed by atoms with Gasteiger partial charge in [-0.3, -0.25) is 0 Å². The fourth-order valence-corrected chi connectivity index (χ4v) is 4.57. The van der Waals surface area contributed by atoms with Gasteiger partial charge in [0.2, 0.25) is 0 Å². The van der Waals surface area contributed by atoms with Gasteiger partial charge in [0.05, 0.1) is 11.4 Å². The molecule has 1 aromatic rings. The molecule has 1 aliphatic rings. The quantitative estimate of drug-likeness (QED) is 0.231. The number of nitrogens with one attached hydrogen (secondary N) is 2. The summed E-state index contributed by atoms with van der Waals surface area (Å²) in [6.07, 6.45) is 7.75. The Bertz CT molecular complexity index is 745. The fraction of sp³-hybridized carbons (Fsp3) is 0.667. The highest BCUT2D eigenvalue weighted by molar-refractivity contribution is 14.0. The maximum atomic E-state index is 11.7. The molecule has 0 amide bonds. The van der Waals surface area contributed by atoms with Crippen LogP contribution in [-0.4, -0.2) is 58.3 Å². The van der Waals surface area contributed by atoms with E-state index in [4.69, 9.17) is 0 Å². The third kappa shape index (κ3) is 9.65. The molecular formula is C21H37IN4O2S. The first-order valence-corrected chi connectivity index (χ1v) is 12.3. The first-order valence-electron chi connectivity index (χ1n) is 10.4. The lowest BCUT2D eigenvalue weighted by Crippen LogP contribution is -2.39. The molecule has 0 atom stereocenters. The van der Waals surface area contributed by atoms with Crippen LogP contribution in [0.5, 0.6) is 0 Å². The number of sulfone groups is 1. The van der Waals surface area contributed by atoms with E-state index in [1.165, 1.54) is 45.0 Å². The molecule has 0 saturated carbocycles. The number of guanidine groups is 1. The summed E-state index contributed by atoms with van der Waals surface area (Å²) in [7, 11) is -3.18. The second-order valence-corrected chi connectivity index (χ2v) is 9.59. The van der Waals surface area contributed by atoms with Crippen molar-refractivity contribution < 1.29 is 8.42 Å². The average molecular weight is 537 g/mol. The highest BCUT2D eigenvalue weighted by atomic mass is 127. The Morgan fingerprint density at radius 2 is 1.83 bits per heavy atom. The minimum Gasteiger partial charge on any atom is -0.357 e. The molecule has 0 aromatic heterocycles. The molecule has 2 N–H and O–H groups in total. The maximum absolute atomic E-state index is 11.7. The molecule has 0 bridgehead atoms. The Labute approximate surface area is 193 Å². The summed E-state index contributed by atoms with van der Waals surface area (Å²) in [5.74, 6) is 0.809. The summed E-state index contributed by atoms with van der Waals surface area (Å²) in [5, 5.41) is 6.69. The number of aliphatic imine (C=N–C) groups is 1. The highest BCUT2D eigenvalue weighted by Gasteiger charge is 2.11. The Morgan fingerprint density at radius 1 is 1.14 bits per heavy atom. The Hall–Kier alpha value is -0.870. The third-order valence-electron chi connectivity index (χ3n) is 5.05.